The van der Waals surface area contributed by atoms with E-state index in [0.29, 0.717) is 5.69 Å². The maximum Gasteiger partial charge on any atom is 0.301 e. The minimum Gasteiger partial charge on any atom is -0.508 e. The van der Waals surface area contributed by atoms with Gasteiger partial charge >= 0.3 is 10.2 Å². The van der Waals surface area contributed by atoms with Crippen LogP contribution in [0.15, 0.2) is 24.3 Å². The molecule has 0 fully saturated rings. The fourth-order valence-electron chi connectivity index (χ4n) is 0.810. The van der Waals surface area contributed by atoms with Crippen LogP contribution in [0.2, 0.25) is 0 Å². The summed E-state index contributed by atoms with van der Waals surface area (Å²) in [6.07, 6.45) is 0. The van der Waals surface area contributed by atoms with Crippen LogP contribution in [0.1, 0.15) is 0 Å². The Hall–Kier alpha value is -1.27. The van der Waals surface area contributed by atoms with Gasteiger partial charge in [-0.05, 0) is 12.1 Å². The van der Waals surface area contributed by atoms with E-state index in [1.54, 1.807) is 12.1 Å². The van der Waals surface area contributed by atoms with Crippen LogP contribution in [0.4, 0.5) is 5.69 Å². The largest absolute Gasteiger partial charge is 0.508 e. The molecule has 2 N–H and O–H groups in total. The lowest BCUT2D eigenvalue weighted by molar-refractivity contribution is 0.475. The van der Waals surface area contributed by atoms with Gasteiger partial charge in [0, 0.05) is 20.2 Å². The molecule has 0 unspecified atom stereocenters. The van der Waals surface area contributed by atoms with Crippen LogP contribution in [0.3, 0.4) is 0 Å². The second-order valence-electron chi connectivity index (χ2n) is 2.94. The van der Waals surface area contributed by atoms with Crippen LogP contribution < -0.4 is 4.72 Å². The summed E-state index contributed by atoms with van der Waals surface area (Å²) in [6.45, 7) is 0. The molecule has 0 saturated carbocycles. The van der Waals surface area contributed by atoms with Crippen LogP contribution in [0, 0.1) is 0 Å². The van der Waals surface area contributed by atoms with E-state index in [2.05, 4.69) is 4.72 Å². The fraction of sp³-hybridized carbons (Fsp3) is 0.250. The molecule has 0 atom stereocenters. The molecular weight excluding hydrogens is 204 g/mol. The maximum atomic E-state index is 11.3. The first-order valence-electron chi connectivity index (χ1n) is 3.91. The second kappa shape index (κ2) is 3.85. The van der Waals surface area contributed by atoms with Crippen molar-refractivity contribution in [2.45, 2.75) is 0 Å². The summed E-state index contributed by atoms with van der Waals surface area (Å²) < 4.78 is 26.0. The molecule has 1 aromatic rings. The van der Waals surface area contributed by atoms with E-state index in [1.165, 1.54) is 26.2 Å². The number of hydrogen-bond acceptors (Lipinski definition) is 3. The van der Waals surface area contributed by atoms with Gasteiger partial charge in [0.15, 0.2) is 0 Å². The SMILES string of the molecule is CN(C)S(=O)(=O)Nc1cccc(O)c1. The lowest BCUT2D eigenvalue weighted by Gasteiger charge is -2.13. The summed E-state index contributed by atoms with van der Waals surface area (Å²) >= 11 is 0. The Labute approximate surface area is 83.2 Å². The topological polar surface area (TPSA) is 69.6 Å². The van der Waals surface area contributed by atoms with E-state index >= 15 is 0 Å². The normalized spacial score (nSPS) is 11.6. The van der Waals surface area contributed by atoms with Gasteiger partial charge in [-0.1, -0.05) is 6.07 Å². The number of aromatic hydroxyl groups is 1. The molecule has 0 aliphatic heterocycles. The zero-order chi connectivity index (χ0) is 10.8. The van der Waals surface area contributed by atoms with Crippen molar-refractivity contribution in [3.8, 4) is 5.75 Å². The van der Waals surface area contributed by atoms with Crippen molar-refractivity contribution in [2.24, 2.45) is 0 Å². The lowest BCUT2D eigenvalue weighted by Crippen LogP contribution is -2.28. The third kappa shape index (κ3) is 2.61. The molecule has 0 aliphatic rings. The molecule has 1 aromatic carbocycles. The van der Waals surface area contributed by atoms with Gasteiger partial charge in [0.05, 0.1) is 5.69 Å². The maximum absolute atomic E-state index is 11.3. The number of nitrogens with one attached hydrogen (secondary N) is 1. The standard InChI is InChI=1S/C8H12N2O3S/c1-10(2)14(12,13)9-7-4-3-5-8(11)6-7/h3-6,9,11H,1-2H3. The molecule has 0 amide bonds. The number of hydrogen-bond donors (Lipinski definition) is 2. The second-order valence-corrected chi connectivity index (χ2v) is 4.82. The van der Waals surface area contributed by atoms with Crippen molar-refractivity contribution in [2.75, 3.05) is 18.8 Å². The van der Waals surface area contributed by atoms with E-state index in [4.69, 9.17) is 5.11 Å². The van der Waals surface area contributed by atoms with E-state index < -0.39 is 10.2 Å². The Kier molecular flexibility index (Phi) is 2.97. The van der Waals surface area contributed by atoms with Crippen molar-refractivity contribution in [3.63, 3.8) is 0 Å². The third-order valence-electron chi connectivity index (χ3n) is 1.57. The Balaban J connectivity index is 2.90. The van der Waals surface area contributed by atoms with Gasteiger partial charge in [-0.2, -0.15) is 12.7 Å². The summed E-state index contributed by atoms with van der Waals surface area (Å²) in [5, 5.41) is 9.10. The molecule has 0 aliphatic carbocycles. The summed E-state index contributed by atoms with van der Waals surface area (Å²) in [4.78, 5) is 0. The molecule has 0 aromatic heterocycles. The molecule has 0 bridgehead atoms. The summed E-state index contributed by atoms with van der Waals surface area (Å²) in [6, 6.07) is 5.91. The van der Waals surface area contributed by atoms with E-state index in [1.807, 2.05) is 0 Å². The summed E-state index contributed by atoms with van der Waals surface area (Å²) in [7, 11) is -0.652. The van der Waals surface area contributed by atoms with Gasteiger partial charge < -0.3 is 5.11 Å². The first-order chi connectivity index (χ1) is 6.42. The first kappa shape index (κ1) is 10.8. The Morgan fingerprint density at radius 1 is 1.36 bits per heavy atom. The zero-order valence-corrected chi connectivity index (χ0v) is 8.75. The van der Waals surface area contributed by atoms with E-state index in [9.17, 15) is 8.42 Å². The van der Waals surface area contributed by atoms with Gasteiger partial charge in [-0.3, -0.25) is 4.72 Å². The minimum atomic E-state index is -3.50. The van der Waals surface area contributed by atoms with Gasteiger partial charge in [0.2, 0.25) is 0 Å². The highest BCUT2D eigenvalue weighted by atomic mass is 32.2. The van der Waals surface area contributed by atoms with Crippen molar-refractivity contribution in [1.29, 1.82) is 0 Å². The fourth-order valence-corrected chi connectivity index (χ4v) is 1.42. The molecule has 78 valence electrons. The monoisotopic (exact) mass is 216 g/mol. The van der Waals surface area contributed by atoms with Crippen LogP contribution in [-0.2, 0) is 10.2 Å². The summed E-state index contributed by atoms with van der Waals surface area (Å²) in [5.41, 5.74) is 0.332. The molecular formula is C8H12N2O3S. The number of anilines is 1. The molecule has 1 rings (SSSR count). The average Bonchev–Trinajstić information content (AvgIpc) is 2.02. The van der Waals surface area contributed by atoms with Crippen LogP contribution in [0.25, 0.3) is 0 Å². The summed E-state index contributed by atoms with van der Waals surface area (Å²) in [5.74, 6) is 0.0176. The number of benzene rings is 1. The lowest BCUT2D eigenvalue weighted by atomic mass is 10.3. The quantitative estimate of drug-likeness (QED) is 0.777. The average molecular weight is 216 g/mol. The van der Waals surface area contributed by atoms with Gasteiger partial charge in [-0.15, -0.1) is 0 Å². The molecule has 5 nitrogen and oxygen atoms in total. The highest BCUT2D eigenvalue weighted by Gasteiger charge is 2.12. The smallest absolute Gasteiger partial charge is 0.301 e. The minimum absolute atomic E-state index is 0.0176. The van der Waals surface area contributed by atoms with Crippen LogP contribution in [-0.4, -0.2) is 31.9 Å². The predicted molar refractivity (Wildman–Crippen MR) is 54.3 cm³/mol. The molecule has 0 heterocycles. The molecule has 6 heteroatoms. The van der Waals surface area contributed by atoms with E-state index in [-0.39, 0.29) is 5.75 Å². The van der Waals surface area contributed by atoms with Gasteiger partial charge in [0.25, 0.3) is 0 Å². The Morgan fingerprint density at radius 2 is 2.00 bits per heavy atom. The van der Waals surface area contributed by atoms with Crippen molar-refractivity contribution < 1.29 is 13.5 Å². The van der Waals surface area contributed by atoms with Crippen molar-refractivity contribution >= 4 is 15.9 Å². The number of rotatable bonds is 3. The Morgan fingerprint density at radius 3 is 2.50 bits per heavy atom. The number of phenols is 1. The van der Waals surface area contributed by atoms with Crippen molar-refractivity contribution in [3.05, 3.63) is 24.3 Å². The molecule has 0 radical (unpaired) electrons. The molecule has 0 saturated heterocycles. The van der Waals surface area contributed by atoms with Gasteiger partial charge in [-0.25, -0.2) is 0 Å². The number of nitrogens with zero attached hydrogens (tertiary/aromatic N) is 1. The molecule has 0 spiro atoms. The molecule has 14 heavy (non-hydrogen) atoms. The van der Waals surface area contributed by atoms with Gasteiger partial charge in [0.1, 0.15) is 5.75 Å². The highest BCUT2D eigenvalue weighted by molar-refractivity contribution is 7.90. The zero-order valence-electron chi connectivity index (χ0n) is 7.93. The van der Waals surface area contributed by atoms with Crippen LogP contribution >= 0.6 is 0 Å². The van der Waals surface area contributed by atoms with E-state index in [0.717, 1.165) is 4.31 Å². The van der Waals surface area contributed by atoms with Crippen LogP contribution in [0.5, 0.6) is 5.75 Å². The number of phenolic OH excluding ortho intramolecular Hbond substituents is 1. The third-order valence-corrected chi connectivity index (χ3v) is 3.03. The predicted octanol–water partition coefficient (Wildman–Crippen LogP) is 0.610. The van der Waals surface area contributed by atoms with Crippen molar-refractivity contribution in [1.82, 2.24) is 4.31 Å². The first-order valence-corrected chi connectivity index (χ1v) is 5.35. The highest BCUT2D eigenvalue weighted by Crippen LogP contribution is 2.16. The Bertz CT molecular complexity index is 414.